The van der Waals surface area contributed by atoms with Crippen LogP contribution in [0.5, 0.6) is 0 Å². The standard InChI is InChI=1S/C17H23N3/c1-3-20-12-13(11-19-20)8-17(18-2)16-9-14-6-4-5-7-15(14)10-16/h4-7,11-12,16-18H,3,8-10H2,1-2H3. The summed E-state index contributed by atoms with van der Waals surface area (Å²) in [5.74, 6) is 0.697. The lowest BCUT2D eigenvalue weighted by Crippen LogP contribution is -2.36. The number of aromatic nitrogens is 2. The maximum Gasteiger partial charge on any atom is 0.0522 e. The fourth-order valence-electron chi connectivity index (χ4n) is 3.32. The fraction of sp³-hybridized carbons (Fsp3) is 0.471. The molecule has 1 aromatic heterocycles. The van der Waals surface area contributed by atoms with Gasteiger partial charge in [-0.2, -0.15) is 5.10 Å². The monoisotopic (exact) mass is 269 g/mol. The number of likely N-dealkylation sites (N-methyl/N-ethyl adjacent to an activating group) is 1. The Balaban J connectivity index is 1.69. The summed E-state index contributed by atoms with van der Waals surface area (Å²) in [6.07, 6.45) is 7.64. The lowest BCUT2D eigenvalue weighted by Gasteiger charge is -2.22. The van der Waals surface area contributed by atoms with Crippen LogP contribution in [-0.2, 0) is 25.8 Å². The van der Waals surface area contributed by atoms with Gasteiger partial charge in [0.25, 0.3) is 0 Å². The molecule has 0 fully saturated rings. The minimum Gasteiger partial charge on any atom is -0.316 e. The second-order valence-corrected chi connectivity index (χ2v) is 5.74. The molecule has 0 radical (unpaired) electrons. The Labute approximate surface area is 121 Å². The molecule has 1 heterocycles. The van der Waals surface area contributed by atoms with E-state index in [4.69, 9.17) is 0 Å². The molecule has 1 aliphatic rings. The molecule has 1 unspecified atom stereocenters. The van der Waals surface area contributed by atoms with Crippen molar-refractivity contribution in [3.05, 3.63) is 53.3 Å². The Morgan fingerprint density at radius 2 is 2.00 bits per heavy atom. The first kappa shape index (κ1) is 13.4. The number of nitrogens with one attached hydrogen (secondary N) is 1. The average molecular weight is 269 g/mol. The molecule has 0 saturated heterocycles. The largest absolute Gasteiger partial charge is 0.316 e. The van der Waals surface area contributed by atoms with E-state index in [0.717, 1.165) is 13.0 Å². The predicted octanol–water partition coefficient (Wildman–Crippen LogP) is 2.45. The van der Waals surface area contributed by atoms with Crippen LogP contribution in [0.2, 0.25) is 0 Å². The number of rotatable bonds is 5. The van der Waals surface area contributed by atoms with E-state index in [1.807, 2.05) is 10.9 Å². The fourth-order valence-corrected chi connectivity index (χ4v) is 3.32. The molecule has 3 rings (SSSR count). The number of fused-ring (bicyclic) bond motifs is 1. The number of nitrogens with zero attached hydrogens (tertiary/aromatic N) is 2. The normalized spacial score (nSPS) is 16.3. The van der Waals surface area contributed by atoms with Crippen molar-refractivity contribution in [1.82, 2.24) is 15.1 Å². The number of hydrogen-bond donors (Lipinski definition) is 1. The summed E-state index contributed by atoms with van der Waals surface area (Å²) in [6, 6.07) is 9.38. The number of benzene rings is 1. The lowest BCUT2D eigenvalue weighted by molar-refractivity contribution is 0.383. The topological polar surface area (TPSA) is 29.9 Å². The molecule has 1 N–H and O–H groups in total. The van der Waals surface area contributed by atoms with E-state index in [1.165, 1.54) is 29.5 Å². The number of aryl methyl sites for hydroxylation is 1. The molecule has 1 atom stereocenters. The molecule has 0 saturated carbocycles. The Hall–Kier alpha value is -1.61. The van der Waals surface area contributed by atoms with E-state index in [0.29, 0.717) is 12.0 Å². The Kier molecular flexibility index (Phi) is 3.88. The van der Waals surface area contributed by atoms with Crippen LogP contribution in [0.15, 0.2) is 36.7 Å². The highest BCUT2D eigenvalue weighted by atomic mass is 15.3. The van der Waals surface area contributed by atoms with E-state index in [2.05, 4.69) is 54.8 Å². The van der Waals surface area contributed by atoms with Crippen LogP contribution < -0.4 is 5.32 Å². The molecule has 20 heavy (non-hydrogen) atoms. The molecule has 3 nitrogen and oxygen atoms in total. The van der Waals surface area contributed by atoms with Gasteiger partial charge in [-0.25, -0.2) is 0 Å². The van der Waals surface area contributed by atoms with Gasteiger partial charge in [-0.05, 0) is 55.8 Å². The van der Waals surface area contributed by atoms with Crippen LogP contribution in [0.3, 0.4) is 0 Å². The SMILES string of the molecule is CCn1cc(CC(NC)C2Cc3ccccc3C2)cn1. The third kappa shape index (κ3) is 2.63. The first-order valence-electron chi connectivity index (χ1n) is 7.55. The molecule has 0 aliphatic heterocycles. The van der Waals surface area contributed by atoms with E-state index in [-0.39, 0.29) is 0 Å². The van der Waals surface area contributed by atoms with Crippen LogP contribution in [0, 0.1) is 5.92 Å². The highest BCUT2D eigenvalue weighted by Crippen LogP contribution is 2.29. The molecule has 0 spiro atoms. The van der Waals surface area contributed by atoms with E-state index in [9.17, 15) is 0 Å². The van der Waals surface area contributed by atoms with Gasteiger partial charge in [-0.1, -0.05) is 24.3 Å². The van der Waals surface area contributed by atoms with Crippen LogP contribution >= 0.6 is 0 Å². The summed E-state index contributed by atoms with van der Waals surface area (Å²) in [4.78, 5) is 0. The summed E-state index contributed by atoms with van der Waals surface area (Å²) in [6.45, 7) is 3.07. The second-order valence-electron chi connectivity index (χ2n) is 5.74. The Morgan fingerprint density at radius 1 is 1.30 bits per heavy atom. The quantitative estimate of drug-likeness (QED) is 0.903. The smallest absolute Gasteiger partial charge is 0.0522 e. The van der Waals surface area contributed by atoms with Crippen LogP contribution in [0.4, 0.5) is 0 Å². The Bertz CT molecular complexity index is 548. The van der Waals surface area contributed by atoms with Crippen molar-refractivity contribution in [2.45, 2.75) is 38.8 Å². The summed E-state index contributed by atoms with van der Waals surface area (Å²) in [7, 11) is 2.08. The van der Waals surface area contributed by atoms with Crippen molar-refractivity contribution in [3.8, 4) is 0 Å². The summed E-state index contributed by atoms with van der Waals surface area (Å²) in [5, 5.41) is 7.89. The highest BCUT2D eigenvalue weighted by Gasteiger charge is 2.27. The third-order valence-corrected chi connectivity index (χ3v) is 4.49. The summed E-state index contributed by atoms with van der Waals surface area (Å²) < 4.78 is 2.01. The molecule has 106 valence electrons. The van der Waals surface area contributed by atoms with Crippen molar-refractivity contribution < 1.29 is 0 Å². The van der Waals surface area contributed by atoms with Gasteiger partial charge in [0.2, 0.25) is 0 Å². The van der Waals surface area contributed by atoms with E-state index < -0.39 is 0 Å². The zero-order chi connectivity index (χ0) is 13.9. The van der Waals surface area contributed by atoms with Gasteiger partial charge in [0.15, 0.2) is 0 Å². The minimum atomic E-state index is 0.525. The van der Waals surface area contributed by atoms with Gasteiger partial charge in [-0.3, -0.25) is 4.68 Å². The van der Waals surface area contributed by atoms with Crippen LogP contribution in [0.25, 0.3) is 0 Å². The van der Waals surface area contributed by atoms with Gasteiger partial charge >= 0.3 is 0 Å². The maximum atomic E-state index is 4.38. The van der Waals surface area contributed by atoms with E-state index >= 15 is 0 Å². The third-order valence-electron chi connectivity index (χ3n) is 4.49. The maximum absolute atomic E-state index is 4.38. The lowest BCUT2D eigenvalue weighted by atomic mass is 9.92. The van der Waals surface area contributed by atoms with Crippen molar-refractivity contribution in [1.29, 1.82) is 0 Å². The zero-order valence-corrected chi connectivity index (χ0v) is 12.3. The summed E-state index contributed by atoms with van der Waals surface area (Å²) in [5.41, 5.74) is 4.39. The molecule has 1 aromatic carbocycles. The second kappa shape index (κ2) is 5.80. The molecule has 0 bridgehead atoms. The van der Waals surface area contributed by atoms with Crippen LogP contribution in [0.1, 0.15) is 23.6 Å². The molecular formula is C17H23N3. The molecular weight excluding hydrogens is 246 g/mol. The minimum absolute atomic E-state index is 0.525. The zero-order valence-electron chi connectivity index (χ0n) is 12.3. The van der Waals surface area contributed by atoms with Crippen molar-refractivity contribution in [3.63, 3.8) is 0 Å². The summed E-state index contributed by atoms with van der Waals surface area (Å²) >= 11 is 0. The first-order valence-corrected chi connectivity index (χ1v) is 7.55. The van der Waals surface area contributed by atoms with Gasteiger partial charge < -0.3 is 5.32 Å². The molecule has 2 aromatic rings. The Morgan fingerprint density at radius 3 is 2.55 bits per heavy atom. The van der Waals surface area contributed by atoms with Crippen molar-refractivity contribution in [2.24, 2.45) is 5.92 Å². The highest BCUT2D eigenvalue weighted by molar-refractivity contribution is 5.32. The van der Waals surface area contributed by atoms with E-state index in [1.54, 1.807) is 0 Å². The molecule has 3 heteroatoms. The van der Waals surface area contributed by atoms with Gasteiger partial charge in [0.1, 0.15) is 0 Å². The van der Waals surface area contributed by atoms with Crippen molar-refractivity contribution >= 4 is 0 Å². The van der Waals surface area contributed by atoms with Gasteiger partial charge in [-0.15, -0.1) is 0 Å². The first-order chi connectivity index (χ1) is 9.80. The van der Waals surface area contributed by atoms with Crippen molar-refractivity contribution in [2.75, 3.05) is 7.05 Å². The number of hydrogen-bond acceptors (Lipinski definition) is 2. The molecule has 1 aliphatic carbocycles. The van der Waals surface area contributed by atoms with Crippen LogP contribution in [-0.4, -0.2) is 22.9 Å². The van der Waals surface area contributed by atoms with Gasteiger partial charge in [0, 0.05) is 18.8 Å². The average Bonchev–Trinajstić information content (AvgIpc) is 3.10. The predicted molar refractivity (Wildman–Crippen MR) is 81.8 cm³/mol. The molecule has 0 amide bonds. The van der Waals surface area contributed by atoms with Gasteiger partial charge in [0.05, 0.1) is 6.20 Å².